The largest absolute Gasteiger partial charge is 0.411 e. The maximum atomic E-state index is 8.43. The summed E-state index contributed by atoms with van der Waals surface area (Å²) >= 11 is 0. The Balaban J connectivity index is 2.24. The van der Waals surface area contributed by atoms with Gasteiger partial charge in [-0.05, 0) is 32.9 Å². The van der Waals surface area contributed by atoms with Gasteiger partial charge in [0.05, 0.1) is 5.71 Å². The lowest BCUT2D eigenvalue weighted by molar-refractivity contribution is 0.252. The monoisotopic (exact) mass is 156 g/mol. The first-order chi connectivity index (χ1) is 5.33. The van der Waals surface area contributed by atoms with Gasteiger partial charge in [-0.1, -0.05) is 11.6 Å². The highest BCUT2D eigenvalue weighted by atomic mass is 16.4. The predicted molar refractivity (Wildman–Crippen MR) is 45.2 cm³/mol. The third-order valence-corrected chi connectivity index (χ3v) is 2.07. The van der Waals surface area contributed by atoms with Crippen molar-refractivity contribution in [3.63, 3.8) is 0 Å². The first-order valence-corrected chi connectivity index (χ1v) is 4.23. The Morgan fingerprint density at radius 1 is 1.36 bits per heavy atom. The van der Waals surface area contributed by atoms with Crippen molar-refractivity contribution in [2.45, 2.75) is 26.2 Å². The molecule has 0 unspecified atom stereocenters. The van der Waals surface area contributed by atoms with Crippen molar-refractivity contribution >= 4 is 5.71 Å². The molecule has 3 nitrogen and oxygen atoms in total. The molecule has 0 aromatic rings. The Bertz CT molecular complexity index is 139. The highest BCUT2D eigenvalue weighted by Gasteiger charge is 2.10. The number of likely N-dealkylation sites (tertiary alicyclic amines) is 1. The van der Waals surface area contributed by atoms with Crippen LogP contribution in [0.15, 0.2) is 5.16 Å². The summed E-state index contributed by atoms with van der Waals surface area (Å²) in [6, 6.07) is 0. The molecule has 64 valence electrons. The van der Waals surface area contributed by atoms with Crippen LogP contribution in [0.25, 0.3) is 0 Å². The van der Waals surface area contributed by atoms with E-state index < -0.39 is 0 Å². The van der Waals surface area contributed by atoms with Gasteiger partial charge in [-0.3, -0.25) is 4.90 Å². The number of piperidine rings is 1. The van der Waals surface area contributed by atoms with E-state index >= 15 is 0 Å². The molecule has 0 bridgehead atoms. The molecular formula is C8H16N2O. The maximum Gasteiger partial charge on any atom is 0.0679 e. The van der Waals surface area contributed by atoms with Crippen molar-refractivity contribution in [3.8, 4) is 0 Å². The molecule has 1 aliphatic rings. The van der Waals surface area contributed by atoms with Crippen LogP contribution in [0.3, 0.4) is 0 Å². The molecule has 3 heteroatoms. The van der Waals surface area contributed by atoms with Gasteiger partial charge in [0.1, 0.15) is 0 Å². The smallest absolute Gasteiger partial charge is 0.0679 e. The number of rotatable bonds is 2. The van der Waals surface area contributed by atoms with Gasteiger partial charge in [0, 0.05) is 6.54 Å². The van der Waals surface area contributed by atoms with E-state index in [0.29, 0.717) is 0 Å². The van der Waals surface area contributed by atoms with E-state index in [4.69, 9.17) is 5.21 Å². The summed E-state index contributed by atoms with van der Waals surface area (Å²) in [6.07, 6.45) is 3.93. The lowest BCUT2D eigenvalue weighted by Crippen LogP contribution is -2.33. The molecule has 0 amide bonds. The lowest BCUT2D eigenvalue weighted by atomic mass is 10.1. The Morgan fingerprint density at radius 2 is 2.00 bits per heavy atom. The van der Waals surface area contributed by atoms with Gasteiger partial charge >= 0.3 is 0 Å². The van der Waals surface area contributed by atoms with Crippen LogP contribution in [-0.4, -0.2) is 35.5 Å². The topological polar surface area (TPSA) is 35.8 Å². The molecule has 0 aromatic heterocycles. The number of nitrogens with zero attached hydrogens (tertiary/aromatic N) is 2. The van der Waals surface area contributed by atoms with Crippen LogP contribution in [-0.2, 0) is 0 Å². The maximum absolute atomic E-state index is 8.43. The van der Waals surface area contributed by atoms with Crippen molar-refractivity contribution in [3.05, 3.63) is 0 Å². The third-order valence-electron chi connectivity index (χ3n) is 2.07. The number of hydrogen-bond acceptors (Lipinski definition) is 3. The summed E-state index contributed by atoms with van der Waals surface area (Å²) in [5.41, 5.74) is 0.812. The Labute approximate surface area is 67.7 Å². The minimum Gasteiger partial charge on any atom is -0.411 e. The fraction of sp³-hybridized carbons (Fsp3) is 0.875. The van der Waals surface area contributed by atoms with E-state index in [-0.39, 0.29) is 0 Å². The molecule has 0 spiro atoms. The van der Waals surface area contributed by atoms with E-state index in [1.807, 2.05) is 6.92 Å². The molecule has 0 aromatic carbocycles. The highest BCUT2D eigenvalue weighted by Crippen LogP contribution is 2.07. The standard InChI is InChI=1S/C8H16N2O/c1-8(9-11)7-10-5-3-2-4-6-10/h11H,2-7H2,1H3/b9-8-. The average molecular weight is 156 g/mol. The quantitative estimate of drug-likeness (QED) is 0.372. The predicted octanol–water partition coefficient (Wildman–Crippen LogP) is 1.32. The molecule has 1 saturated heterocycles. The van der Waals surface area contributed by atoms with Crippen LogP contribution in [0.4, 0.5) is 0 Å². The van der Waals surface area contributed by atoms with Crippen LogP contribution < -0.4 is 0 Å². The zero-order valence-corrected chi connectivity index (χ0v) is 7.08. The van der Waals surface area contributed by atoms with E-state index in [9.17, 15) is 0 Å². The molecule has 1 aliphatic heterocycles. The molecule has 0 radical (unpaired) electrons. The van der Waals surface area contributed by atoms with Crippen molar-refractivity contribution in [1.82, 2.24) is 4.90 Å². The van der Waals surface area contributed by atoms with Crippen LogP contribution in [0.2, 0.25) is 0 Å². The van der Waals surface area contributed by atoms with Crippen molar-refractivity contribution in [2.75, 3.05) is 19.6 Å². The highest BCUT2D eigenvalue weighted by molar-refractivity contribution is 5.83. The summed E-state index contributed by atoms with van der Waals surface area (Å²) in [4.78, 5) is 2.33. The molecule has 0 atom stereocenters. The van der Waals surface area contributed by atoms with Crippen LogP contribution in [0.5, 0.6) is 0 Å². The Kier molecular flexibility index (Phi) is 3.36. The van der Waals surface area contributed by atoms with Gasteiger partial charge < -0.3 is 5.21 Å². The average Bonchev–Trinajstić information content (AvgIpc) is 2.06. The summed E-state index contributed by atoms with van der Waals surface area (Å²) in [6.45, 7) is 5.00. The normalized spacial score (nSPS) is 22.1. The van der Waals surface area contributed by atoms with E-state index in [1.54, 1.807) is 0 Å². The second-order valence-electron chi connectivity index (χ2n) is 3.17. The fourth-order valence-corrected chi connectivity index (χ4v) is 1.47. The zero-order chi connectivity index (χ0) is 8.10. The lowest BCUT2D eigenvalue weighted by Gasteiger charge is -2.25. The molecule has 1 N–H and O–H groups in total. The van der Waals surface area contributed by atoms with Gasteiger partial charge in [-0.2, -0.15) is 0 Å². The molecule has 11 heavy (non-hydrogen) atoms. The van der Waals surface area contributed by atoms with E-state index in [2.05, 4.69) is 10.1 Å². The van der Waals surface area contributed by atoms with Gasteiger partial charge in [0.25, 0.3) is 0 Å². The van der Waals surface area contributed by atoms with Gasteiger partial charge in [0.2, 0.25) is 0 Å². The fourth-order valence-electron chi connectivity index (χ4n) is 1.47. The minimum atomic E-state index is 0.812. The van der Waals surface area contributed by atoms with Gasteiger partial charge in [-0.15, -0.1) is 0 Å². The van der Waals surface area contributed by atoms with Crippen LogP contribution >= 0.6 is 0 Å². The SMILES string of the molecule is C/C(CN1CCCCC1)=N/O. The Hall–Kier alpha value is -0.570. The van der Waals surface area contributed by atoms with E-state index in [1.165, 1.54) is 19.3 Å². The molecule has 0 aliphatic carbocycles. The molecular weight excluding hydrogens is 140 g/mol. The van der Waals surface area contributed by atoms with Gasteiger partial charge in [-0.25, -0.2) is 0 Å². The van der Waals surface area contributed by atoms with Crippen molar-refractivity contribution < 1.29 is 5.21 Å². The minimum absolute atomic E-state index is 0.812. The molecule has 0 saturated carbocycles. The second-order valence-corrected chi connectivity index (χ2v) is 3.17. The van der Waals surface area contributed by atoms with Crippen molar-refractivity contribution in [1.29, 1.82) is 0 Å². The number of oxime groups is 1. The van der Waals surface area contributed by atoms with Gasteiger partial charge in [0.15, 0.2) is 0 Å². The molecule has 1 fully saturated rings. The molecule has 1 heterocycles. The van der Waals surface area contributed by atoms with Crippen LogP contribution in [0, 0.1) is 0 Å². The first-order valence-electron chi connectivity index (χ1n) is 4.23. The second kappa shape index (κ2) is 4.34. The summed E-state index contributed by atoms with van der Waals surface area (Å²) in [5, 5.41) is 11.6. The van der Waals surface area contributed by atoms with Crippen molar-refractivity contribution in [2.24, 2.45) is 5.16 Å². The summed E-state index contributed by atoms with van der Waals surface area (Å²) in [5.74, 6) is 0. The first kappa shape index (κ1) is 8.53. The summed E-state index contributed by atoms with van der Waals surface area (Å²) < 4.78 is 0. The number of hydrogen-bond donors (Lipinski definition) is 1. The molecule has 1 rings (SSSR count). The summed E-state index contributed by atoms with van der Waals surface area (Å²) in [7, 11) is 0. The zero-order valence-electron chi connectivity index (χ0n) is 7.08. The van der Waals surface area contributed by atoms with Crippen LogP contribution in [0.1, 0.15) is 26.2 Å². The Morgan fingerprint density at radius 3 is 2.55 bits per heavy atom. The third kappa shape index (κ3) is 2.89. The van der Waals surface area contributed by atoms with E-state index in [0.717, 1.165) is 25.3 Å².